The highest BCUT2D eigenvalue weighted by atomic mass is 16.5. The number of amides is 1. The summed E-state index contributed by atoms with van der Waals surface area (Å²) < 4.78 is 11.3. The van der Waals surface area contributed by atoms with Crippen LogP contribution in [0.15, 0.2) is 48.5 Å². The van der Waals surface area contributed by atoms with Crippen LogP contribution in [0.4, 0.5) is 11.4 Å². The van der Waals surface area contributed by atoms with Crippen LogP contribution in [0, 0.1) is 11.8 Å². The van der Waals surface area contributed by atoms with E-state index < -0.39 is 0 Å². The van der Waals surface area contributed by atoms with Crippen molar-refractivity contribution in [2.24, 2.45) is 11.8 Å². The Morgan fingerprint density at radius 3 is 2.86 bits per heavy atom. The Kier molecular flexibility index (Phi) is 4.79. The average Bonchev–Trinajstić information content (AvgIpc) is 3.34. The van der Waals surface area contributed by atoms with Crippen molar-refractivity contribution in [1.29, 1.82) is 0 Å². The third-order valence-electron chi connectivity index (χ3n) is 6.25. The summed E-state index contributed by atoms with van der Waals surface area (Å²) in [4.78, 5) is 15.1. The molecule has 2 aromatic rings. The highest BCUT2D eigenvalue weighted by Gasteiger charge is 2.42. The second kappa shape index (κ2) is 7.57. The molecule has 0 spiro atoms. The normalized spacial score (nSPS) is 26.0. The summed E-state index contributed by atoms with van der Waals surface area (Å²) in [6, 6.07) is 16.8. The molecule has 5 rings (SSSR count). The standard InChI is InChI=1S/C23H26N2O3/c26-23(22-20-10-12-27-14-18(20)15-28-22)24-19-7-5-16(6-8-19)13-25-11-9-17-3-1-2-4-21(17)25/h1-8,18,20,22H,9-15H2,(H,24,26)/t18-,20+,22+/m0/s1. The summed E-state index contributed by atoms with van der Waals surface area (Å²) in [5.74, 6) is 0.606. The molecule has 3 heterocycles. The number of anilines is 2. The number of fused-ring (bicyclic) bond motifs is 2. The zero-order valence-electron chi connectivity index (χ0n) is 16.0. The van der Waals surface area contributed by atoms with Gasteiger partial charge in [0.15, 0.2) is 0 Å². The molecule has 5 nitrogen and oxygen atoms in total. The van der Waals surface area contributed by atoms with Gasteiger partial charge in [-0.15, -0.1) is 0 Å². The maximum Gasteiger partial charge on any atom is 0.253 e. The molecule has 2 aromatic carbocycles. The van der Waals surface area contributed by atoms with Crippen LogP contribution in [0.5, 0.6) is 0 Å². The molecular formula is C23H26N2O3. The minimum atomic E-state index is -0.352. The number of ether oxygens (including phenoxy) is 2. The molecule has 0 bridgehead atoms. The number of hydrogen-bond acceptors (Lipinski definition) is 4. The Hall–Kier alpha value is -2.37. The Balaban J connectivity index is 1.21. The van der Waals surface area contributed by atoms with E-state index in [4.69, 9.17) is 9.47 Å². The average molecular weight is 378 g/mol. The van der Waals surface area contributed by atoms with Crippen molar-refractivity contribution in [3.8, 4) is 0 Å². The Labute approximate surface area is 165 Å². The van der Waals surface area contributed by atoms with Crippen molar-refractivity contribution >= 4 is 17.3 Å². The van der Waals surface area contributed by atoms with Gasteiger partial charge >= 0.3 is 0 Å². The third-order valence-corrected chi connectivity index (χ3v) is 6.25. The van der Waals surface area contributed by atoms with Crippen molar-refractivity contribution in [3.05, 3.63) is 59.7 Å². The highest BCUT2D eigenvalue weighted by Crippen LogP contribution is 2.34. The predicted molar refractivity (Wildman–Crippen MR) is 108 cm³/mol. The maximum atomic E-state index is 12.7. The van der Waals surface area contributed by atoms with Gasteiger partial charge in [0.25, 0.3) is 5.91 Å². The van der Waals surface area contributed by atoms with Gasteiger partial charge in [0.05, 0.1) is 13.2 Å². The maximum absolute atomic E-state index is 12.7. The van der Waals surface area contributed by atoms with Crippen LogP contribution >= 0.6 is 0 Å². The Morgan fingerprint density at radius 1 is 1.11 bits per heavy atom. The molecule has 0 aromatic heterocycles. The lowest BCUT2D eigenvalue weighted by Gasteiger charge is -2.26. The van der Waals surface area contributed by atoms with Crippen LogP contribution in [0.2, 0.25) is 0 Å². The van der Waals surface area contributed by atoms with Crippen LogP contribution in [-0.2, 0) is 27.2 Å². The fourth-order valence-corrected chi connectivity index (χ4v) is 4.70. The minimum Gasteiger partial charge on any atom is -0.381 e. The summed E-state index contributed by atoms with van der Waals surface area (Å²) in [6.45, 7) is 4.01. The van der Waals surface area contributed by atoms with E-state index in [1.807, 2.05) is 12.1 Å². The molecule has 146 valence electrons. The number of carbonyl (C=O) groups is 1. The largest absolute Gasteiger partial charge is 0.381 e. The van der Waals surface area contributed by atoms with Crippen LogP contribution in [0.25, 0.3) is 0 Å². The predicted octanol–water partition coefficient (Wildman–Crippen LogP) is 3.24. The van der Waals surface area contributed by atoms with E-state index in [0.717, 1.165) is 38.2 Å². The molecule has 0 unspecified atom stereocenters. The first-order chi connectivity index (χ1) is 13.8. The zero-order chi connectivity index (χ0) is 18.9. The van der Waals surface area contributed by atoms with Gasteiger partial charge in [-0.05, 0) is 42.2 Å². The molecule has 3 aliphatic rings. The van der Waals surface area contributed by atoms with E-state index in [9.17, 15) is 4.79 Å². The van der Waals surface area contributed by atoms with Gasteiger partial charge in [0.2, 0.25) is 0 Å². The first kappa shape index (κ1) is 17.7. The molecule has 1 N–H and O–H groups in total. The minimum absolute atomic E-state index is 0.0318. The van der Waals surface area contributed by atoms with E-state index in [1.54, 1.807) is 0 Å². The van der Waals surface area contributed by atoms with Gasteiger partial charge < -0.3 is 19.7 Å². The van der Waals surface area contributed by atoms with Crippen molar-refractivity contribution in [2.45, 2.75) is 25.5 Å². The van der Waals surface area contributed by atoms with Gasteiger partial charge in [-0.2, -0.15) is 0 Å². The lowest BCUT2D eigenvalue weighted by atomic mass is 9.86. The van der Waals surface area contributed by atoms with Gasteiger partial charge in [-0.25, -0.2) is 0 Å². The van der Waals surface area contributed by atoms with Gasteiger partial charge in [0.1, 0.15) is 6.10 Å². The monoisotopic (exact) mass is 378 g/mol. The molecule has 0 radical (unpaired) electrons. The molecule has 0 aliphatic carbocycles. The number of rotatable bonds is 4. The number of nitrogens with one attached hydrogen (secondary N) is 1. The van der Waals surface area contributed by atoms with E-state index in [2.05, 4.69) is 46.6 Å². The smallest absolute Gasteiger partial charge is 0.253 e. The quantitative estimate of drug-likeness (QED) is 0.887. The van der Waals surface area contributed by atoms with Gasteiger partial charge in [-0.1, -0.05) is 30.3 Å². The topological polar surface area (TPSA) is 50.8 Å². The summed E-state index contributed by atoms with van der Waals surface area (Å²) in [5.41, 5.74) is 4.84. The van der Waals surface area contributed by atoms with Gasteiger partial charge in [0, 0.05) is 42.9 Å². The molecule has 2 saturated heterocycles. The summed E-state index contributed by atoms with van der Waals surface area (Å²) in [7, 11) is 0. The highest BCUT2D eigenvalue weighted by molar-refractivity contribution is 5.94. The molecule has 3 aliphatic heterocycles. The van der Waals surface area contributed by atoms with Crippen LogP contribution in [0.1, 0.15) is 17.5 Å². The fraction of sp³-hybridized carbons (Fsp3) is 0.435. The van der Waals surface area contributed by atoms with Crippen molar-refractivity contribution in [1.82, 2.24) is 0 Å². The second-order valence-corrected chi connectivity index (χ2v) is 8.03. The van der Waals surface area contributed by atoms with E-state index in [-0.39, 0.29) is 17.9 Å². The lowest BCUT2D eigenvalue weighted by Crippen LogP contribution is -2.37. The third kappa shape index (κ3) is 3.40. The SMILES string of the molecule is O=C(Nc1ccc(CN2CCc3ccccc32)cc1)[C@@H]1OC[C@@H]2COCC[C@H]21. The fourth-order valence-electron chi connectivity index (χ4n) is 4.70. The summed E-state index contributed by atoms with van der Waals surface area (Å²) in [5, 5.41) is 3.04. The molecule has 5 heteroatoms. The van der Waals surface area contributed by atoms with Crippen molar-refractivity contribution in [3.63, 3.8) is 0 Å². The van der Waals surface area contributed by atoms with Crippen LogP contribution < -0.4 is 10.2 Å². The second-order valence-electron chi connectivity index (χ2n) is 8.03. The molecule has 3 atom stereocenters. The number of carbonyl (C=O) groups excluding carboxylic acids is 1. The molecule has 2 fully saturated rings. The molecule has 28 heavy (non-hydrogen) atoms. The van der Waals surface area contributed by atoms with Crippen LogP contribution in [0.3, 0.4) is 0 Å². The van der Waals surface area contributed by atoms with Crippen molar-refractivity contribution in [2.75, 3.05) is 36.6 Å². The lowest BCUT2D eigenvalue weighted by molar-refractivity contribution is -0.126. The number of benzene rings is 2. The Morgan fingerprint density at radius 2 is 1.96 bits per heavy atom. The van der Waals surface area contributed by atoms with E-state index >= 15 is 0 Å². The molecule has 1 amide bonds. The van der Waals surface area contributed by atoms with Crippen LogP contribution in [-0.4, -0.2) is 38.4 Å². The number of hydrogen-bond donors (Lipinski definition) is 1. The first-order valence-electron chi connectivity index (χ1n) is 10.2. The number of nitrogens with zero attached hydrogens (tertiary/aromatic N) is 1. The van der Waals surface area contributed by atoms with Gasteiger partial charge in [-0.3, -0.25) is 4.79 Å². The molecular weight excluding hydrogens is 352 g/mol. The number of para-hydroxylation sites is 1. The molecule has 0 saturated carbocycles. The first-order valence-corrected chi connectivity index (χ1v) is 10.2. The Bertz CT molecular complexity index is 851. The zero-order valence-corrected chi connectivity index (χ0v) is 16.0. The van der Waals surface area contributed by atoms with E-state index in [0.29, 0.717) is 19.1 Å². The van der Waals surface area contributed by atoms with Crippen molar-refractivity contribution < 1.29 is 14.3 Å². The van der Waals surface area contributed by atoms with E-state index in [1.165, 1.54) is 16.8 Å². The summed E-state index contributed by atoms with van der Waals surface area (Å²) >= 11 is 0. The summed E-state index contributed by atoms with van der Waals surface area (Å²) in [6.07, 6.45) is 1.66.